The number of carbonyl (C=O) groups is 2. The number of carbonyl (C=O) groups excluding carboxylic acids is 2. The van der Waals surface area contributed by atoms with E-state index in [2.05, 4.69) is 5.32 Å². The Morgan fingerprint density at radius 3 is 2.62 bits per heavy atom. The first-order valence-electron chi connectivity index (χ1n) is 8.11. The quantitative estimate of drug-likeness (QED) is 0.518. The van der Waals surface area contributed by atoms with Crippen LogP contribution < -0.4 is 10.1 Å². The molecule has 0 unspecified atom stereocenters. The van der Waals surface area contributed by atoms with E-state index in [0.717, 1.165) is 4.90 Å². The van der Waals surface area contributed by atoms with E-state index < -0.39 is 16.5 Å². The zero-order chi connectivity index (χ0) is 18.3. The minimum absolute atomic E-state index is 0.0409. The van der Waals surface area contributed by atoms with Gasteiger partial charge in [0.25, 0.3) is 11.6 Å². The molecule has 0 bridgehead atoms. The van der Waals surface area contributed by atoms with E-state index in [1.165, 1.54) is 12.1 Å². The van der Waals surface area contributed by atoms with Crippen molar-refractivity contribution < 1.29 is 19.2 Å². The summed E-state index contributed by atoms with van der Waals surface area (Å²) in [5.41, 5.74) is 0.125. The Balaban J connectivity index is 1.63. The Morgan fingerprint density at radius 2 is 1.88 bits per heavy atom. The lowest BCUT2D eigenvalue weighted by atomic mass is 9.84. The number of fused-ring (bicyclic) bond motifs is 2. The van der Waals surface area contributed by atoms with Crippen LogP contribution >= 0.6 is 0 Å². The lowest BCUT2D eigenvalue weighted by Crippen LogP contribution is -2.47. The van der Waals surface area contributed by atoms with E-state index in [-0.39, 0.29) is 18.1 Å². The highest BCUT2D eigenvalue weighted by atomic mass is 16.6. The lowest BCUT2D eigenvalue weighted by Gasteiger charge is -2.33. The number of imide groups is 1. The van der Waals surface area contributed by atoms with Crippen molar-refractivity contribution >= 4 is 17.6 Å². The summed E-state index contributed by atoms with van der Waals surface area (Å²) in [6, 6.07) is 12.5. The van der Waals surface area contributed by atoms with Crippen LogP contribution in [0.15, 0.2) is 48.5 Å². The number of hydrogen-bond acceptors (Lipinski definition) is 5. The van der Waals surface area contributed by atoms with Crippen molar-refractivity contribution in [3.05, 3.63) is 69.8 Å². The maximum Gasteiger partial charge on any atom is 0.325 e. The Bertz CT molecular complexity index is 911. The number of nitrogens with zero attached hydrogens (tertiary/aromatic N) is 2. The molecule has 2 aliphatic heterocycles. The summed E-state index contributed by atoms with van der Waals surface area (Å²) >= 11 is 0. The summed E-state index contributed by atoms with van der Waals surface area (Å²) in [5.74, 6) is 0.251. The largest absolute Gasteiger partial charge is 0.493 e. The van der Waals surface area contributed by atoms with Gasteiger partial charge in [-0.15, -0.1) is 0 Å². The second-order valence-corrected chi connectivity index (χ2v) is 6.24. The van der Waals surface area contributed by atoms with Crippen molar-refractivity contribution in [3.63, 3.8) is 0 Å². The van der Waals surface area contributed by atoms with Crippen LogP contribution in [0.5, 0.6) is 5.75 Å². The smallest absolute Gasteiger partial charge is 0.325 e. The molecule has 26 heavy (non-hydrogen) atoms. The normalized spacial score (nSPS) is 21.3. The number of rotatable bonds is 3. The molecule has 1 atom stereocenters. The van der Waals surface area contributed by atoms with Gasteiger partial charge in [-0.3, -0.25) is 19.8 Å². The molecule has 3 amide bonds. The third-order valence-corrected chi connectivity index (χ3v) is 4.75. The fourth-order valence-corrected chi connectivity index (χ4v) is 3.42. The van der Waals surface area contributed by atoms with E-state index in [0.29, 0.717) is 29.9 Å². The number of nitro benzene ring substituents is 1. The number of urea groups is 1. The highest BCUT2D eigenvalue weighted by Gasteiger charge is 2.54. The Hall–Kier alpha value is -3.42. The maximum absolute atomic E-state index is 13.1. The molecule has 1 N–H and O–H groups in total. The molecule has 2 aromatic carbocycles. The molecule has 8 nitrogen and oxygen atoms in total. The number of benzene rings is 2. The van der Waals surface area contributed by atoms with Gasteiger partial charge in [-0.1, -0.05) is 30.3 Å². The van der Waals surface area contributed by atoms with Crippen molar-refractivity contribution in [2.24, 2.45) is 0 Å². The number of non-ortho nitro benzene ring substituents is 1. The van der Waals surface area contributed by atoms with Gasteiger partial charge < -0.3 is 10.1 Å². The van der Waals surface area contributed by atoms with Gasteiger partial charge in [0.15, 0.2) is 5.54 Å². The van der Waals surface area contributed by atoms with E-state index in [9.17, 15) is 19.7 Å². The molecular weight excluding hydrogens is 338 g/mol. The van der Waals surface area contributed by atoms with E-state index >= 15 is 0 Å². The summed E-state index contributed by atoms with van der Waals surface area (Å²) in [5, 5.41) is 13.6. The first-order chi connectivity index (χ1) is 12.5. The molecule has 4 rings (SSSR count). The molecule has 2 aromatic rings. The van der Waals surface area contributed by atoms with Crippen LogP contribution in [-0.4, -0.2) is 28.4 Å². The van der Waals surface area contributed by atoms with Crippen LogP contribution in [-0.2, 0) is 16.9 Å². The van der Waals surface area contributed by atoms with Crippen LogP contribution in [0.3, 0.4) is 0 Å². The van der Waals surface area contributed by atoms with Gasteiger partial charge in [-0.05, 0) is 11.6 Å². The molecule has 0 aromatic heterocycles. The Kier molecular flexibility index (Phi) is 3.61. The first-order valence-corrected chi connectivity index (χ1v) is 8.11. The standard InChI is InChI=1S/C18H15N3O5/c22-16-18(9-10-26-15-4-2-1-3-14(15)18)19-17(23)20(16)11-12-5-7-13(8-6-12)21(24)25/h1-8H,9-11H2,(H,19,23)/t18-/m0/s1. The van der Waals surface area contributed by atoms with Crippen LogP contribution in [0.1, 0.15) is 17.5 Å². The molecule has 2 heterocycles. The first kappa shape index (κ1) is 16.1. The van der Waals surface area contributed by atoms with Crippen molar-refractivity contribution in [2.75, 3.05) is 6.61 Å². The number of amides is 3. The summed E-state index contributed by atoms with van der Waals surface area (Å²) < 4.78 is 5.60. The van der Waals surface area contributed by atoms with Gasteiger partial charge in [-0.2, -0.15) is 0 Å². The van der Waals surface area contributed by atoms with Crippen LogP contribution in [0.25, 0.3) is 0 Å². The van der Waals surface area contributed by atoms with Crippen molar-refractivity contribution in [3.8, 4) is 5.75 Å². The second kappa shape index (κ2) is 5.83. The van der Waals surface area contributed by atoms with Crippen LogP contribution in [0.2, 0.25) is 0 Å². The summed E-state index contributed by atoms with van der Waals surface area (Å²) in [7, 11) is 0. The number of nitrogens with one attached hydrogen (secondary N) is 1. The van der Waals surface area contributed by atoms with Gasteiger partial charge in [0, 0.05) is 24.1 Å². The van der Waals surface area contributed by atoms with E-state index in [4.69, 9.17) is 4.74 Å². The topological polar surface area (TPSA) is 102 Å². The second-order valence-electron chi connectivity index (χ2n) is 6.24. The average molecular weight is 353 g/mol. The zero-order valence-electron chi connectivity index (χ0n) is 13.7. The molecule has 132 valence electrons. The number of ether oxygens (including phenoxy) is 1. The van der Waals surface area contributed by atoms with Gasteiger partial charge >= 0.3 is 6.03 Å². The highest BCUT2D eigenvalue weighted by molar-refractivity contribution is 6.07. The average Bonchev–Trinajstić information content (AvgIpc) is 2.87. The van der Waals surface area contributed by atoms with E-state index in [1.54, 1.807) is 30.3 Å². The molecule has 8 heteroatoms. The van der Waals surface area contributed by atoms with Gasteiger partial charge in [0.2, 0.25) is 0 Å². The predicted octanol–water partition coefficient (Wildman–Crippen LogP) is 2.32. The van der Waals surface area contributed by atoms with Crippen molar-refractivity contribution in [2.45, 2.75) is 18.5 Å². The number of hydrogen-bond donors (Lipinski definition) is 1. The summed E-state index contributed by atoms with van der Waals surface area (Å²) in [4.78, 5) is 37.0. The molecule has 2 aliphatic rings. The predicted molar refractivity (Wildman–Crippen MR) is 90.4 cm³/mol. The fourth-order valence-electron chi connectivity index (χ4n) is 3.42. The maximum atomic E-state index is 13.1. The number of para-hydroxylation sites is 1. The third kappa shape index (κ3) is 2.38. The van der Waals surface area contributed by atoms with Crippen molar-refractivity contribution in [1.82, 2.24) is 10.2 Å². The molecule has 1 saturated heterocycles. The summed E-state index contributed by atoms with van der Waals surface area (Å²) in [6.45, 7) is 0.377. The monoisotopic (exact) mass is 353 g/mol. The van der Waals surface area contributed by atoms with Crippen LogP contribution in [0, 0.1) is 10.1 Å². The van der Waals surface area contributed by atoms with Gasteiger partial charge in [0.05, 0.1) is 18.1 Å². The minimum atomic E-state index is -1.12. The molecular formula is C18H15N3O5. The SMILES string of the molecule is O=C1N[C@]2(CCOc3ccccc32)C(=O)N1Cc1ccc([N+](=O)[O-])cc1. The Labute approximate surface area is 148 Å². The lowest BCUT2D eigenvalue weighted by molar-refractivity contribution is -0.384. The van der Waals surface area contributed by atoms with Crippen molar-refractivity contribution in [1.29, 1.82) is 0 Å². The number of nitro groups is 1. The molecule has 0 saturated carbocycles. The zero-order valence-corrected chi connectivity index (χ0v) is 13.7. The van der Waals surface area contributed by atoms with Gasteiger partial charge in [-0.25, -0.2) is 4.79 Å². The molecule has 0 radical (unpaired) electrons. The van der Waals surface area contributed by atoms with Crippen LogP contribution in [0.4, 0.5) is 10.5 Å². The summed E-state index contributed by atoms with van der Waals surface area (Å²) in [6.07, 6.45) is 0.353. The highest BCUT2D eigenvalue weighted by Crippen LogP contribution is 2.41. The molecule has 0 aliphatic carbocycles. The Morgan fingerprint density at radius 1 is 1.15 bits per heavy atom. The fraction of sp³-hybridized carbons (Fsp3) is 0.222. The molecule has 1 fully saturated rings. The van der Waals surface area contributed by atoms with E-state index in [1.807, 2.05) is 6.07 Å². The van der Waals surface area contributed by atoms with Gasteiger partial charge in [0.1, 0.15) is 5.75 Å². The third-order valence-electron chi connectivity index (χ3n) is 4.75. The molecule has 1 spiro atoms. The minimum Gasteiger partial charge on any atom is -0.493 e.